The van der Waals surface area contributed by atoms with Gasteiger partial charge in [0, 0.05) is 13.1 Å². The van der Waals surface area contributed by atoms with E-state index in [-0.39, 0.29) is 17.2 Å². The highest BCUT2D eigenvalue weighted by Gasteiger charge is 2.34. The molecule has 0 unspecified atom stereocenters. The van der Waals surface area contributed by atoms with E-state index in [4.69, 9.17) is 10.5 Å². The number of hydrogen-bond acceptors (Lipinski definition) is 4. The molecule has 0 radical (unpaired) electrons. The number of likely N-dealkylation sites (tertiary alicyclic amines) is 2. The fourth-order valence-electron chi connectivity index (χ4n) is 5.18. The van der Waals surface area contributed by atoms with Crippen LogP contribution in [0.3, 0.4) is 0 Å². The zero-order valence-corrected chi connectivity index (χ0v) is 21.3. The minimum Gasteiger partial charge on any atom is -0.490 e. The number of carbonyl (C=O) groups excluding carboxylic acids is 2. The Morgan fingerprint density at radius 3 is 2.24 bits per heavy atom. The monoisotopic (exact) mass is 517 g/mol. The highest BCUT2D eigenvalue weighted by Crippen LogP contribution is 2.29. The quantitative estimate of drug-likeness (QED) is 0.557. The lowest BCUT2D eigenvalue weighted by Gasteiger charge is -2.34. The number of alkyl halides is 1. The van der Waals surface area contributed by atoms with Crippen molar-refractivity contribution >= 4 is 11.8 Å². The standard InChI is InChI=1S/C28H34F3N3O3/c1-28(2,31)17-33-12-9-18(10-13-33)16-37-25-8-6-20(15-23(25)30)19-5-7-21(22(29)14-19)27(36)34-11-3-4-24(34)26(32)35/h5-8,14-15,18,24H,3-4,9-13,16-17H2,1-2H3,(H2,32,35)/t24-/m0/s1. The van der Waals surface area contributed by atoms with Crippen LogP contribution in [0.4, 0.5) is 13.2 Å². The van der Waals surface area contributed by atoms with Gasteiger partial charge in [-0.05, 0) is 93.9 Å². The van der Waals surface area contributed by atoms with Crippen molar-refractivity contribution in [3.05, 3.63) is 53.6 Å². The maximum Gasteiger partial charge on any atom is 0.257 e. The molecule has 0 spiro atoms. The van der Waals surface area contributed by atoms with E-state index in [0.29, 0.717) is 43.7 Å². The number of benzene rings is 2. The Kier molecular flexibility index (Phi) is 8.11. The molecule has 2 aromatic rings. The molecular formula is C28H34F3N3O3. The molecule has 0 aliphatic carbocycles. The lowest BCUT2D eigenvalue weighted by molar-refractivity contribution is -0.121. The maximum atomic E-state index is 14.9. The molecule has 2 heterocycles. The third kappa shape index (κ3) is 6.63. The van der Waals surface area contributed by atoms with E-state index < -0.39 is 35.2 Å². The van der Waals surface area contributed by atoms with Crippen LogP contribution in [0.25, 0.3) is 11.1 Å². The second-order valence-electron chi connectivity index (χ2n) is 10.6. The van der Waals surface area contributed by atoms with Crippen molar-refractivity contribution in [1.29, 1.82) is 0 Å². The topological polar surface area (TPSA) is 75.9 Å². The summed E-state index contributed by atoms with van der Waals surface area (Å²) < 4.78 is 49.3. The van der Waals surface area contributed by atoms with Gasteiger partial charge in [0.1, 0.15) is 17.5 Å². The maximum absolute atomic E-state index is 14.9. The number of halogens is 3. The Hall–Kier alpha value is -3.07. The smallest absolute Gasteiger partial charge is 0.257 e. The minimum absolute atomic E-state index is 0.120. The molecule has 2 N–H and O–H groups in total. The second kappa shape index (κ2) is 11.1. The van der Waals surface area contributed by atoms with Crippen molar-refractivity contribution in [2.75, 3.05) is 32.8 Å². The Bertz CT molecular complexity index is 1140. The summed E-state index contributed by atoms with van der Waals surface area (Å²) in [6, 6.07) is 7.79. The molecule has 1 atom stereocenters. The first kappa shape index (κ1) is 27.0. The highest BCUT2D eigenvalue weighted by atomic mass is 19.1. The van der Waals surface area contributed by atoms with Crippen molar-refractivity contribution in [3.8, 4) is 16.9 Å². The predicted octanol–water partition coefficient (Wildman–Crippen LogP) is 4.56. The number of amides is 2. The molecule has 4 rings (SSSR count). The summed E-state index contributed by atoms with van der Waals surface area (Å²) in [5.41, 5.74) is 4.85. The van der Waals surface area contributed by atoms with Gasteiger partial charge in [0.05, 0.1) is 12.2 Å². The Morgan fingerprint density at radius 2 is 1.65 bits per heavy atom. The SMILES string of the molecule is CC(C)(F)CN1CCC(COc2ccc(-c3ccc(C(=O)N4CCC[C@H]4C(N)=O)c(F)c3)cc2F)CC1. The van der Waals surface area contributed by atoms with Gasteiger partial charge in [-0.3, -0.25) is 9.59 Å². The second-order valence-corrected chi connectivity index (χ2v) is 10.6. The highest BCUT2D eigenvalue weighted by molar-refractivity contribution is 5.98. The Morgan fingerprint density at radius 1 is 1.00 bits per heavy atom. The summed E-state index contributed by atoms with van der Waals surface area (Å²) in [7, 11) is 0. The molecule has 37 heavy (non-hydrogen) atoms. The van der Waals surface area contributed by atoms with Crippen LogP contribution in [-0.4, -0.2) is 66.1 Å². The molecule has 2 aromatic carbocycles. The van der Waals surface area contributed by atoms with Crippen molar-refractivity contribution in [3.63, 3.8) is 0 Å². The summed E-state index contributed by atoms with van der Waals surface area (Å²) in [6.45, 7) is 5.84. The number of piperidine rings is 1. The zero-order valence-electron chi connectivity index (χ0n) is 21.3. The first-order chi connectivity index (χ1) is 17.5. The van der Waals surface area contributed by atoms with Gasteiger partial charge in [0.2, 0.25) is 5.91 Å². The number of rotatable bonds is 8. The van der Waals surface area contributed by atoms with E-state index in [2.05, 4.69) is 4.90 Å². The third-order valence-corrected chi connectivity index (χ3v) is 7.09. The van der Waals surface area contributed by atoms with Crippen molar-refractivity contribution < 1.29 is 27.5 Å². The van der Waals surface area contributed by atoms with Gasteiger partial charge in [-0.2, -0.15) is 0 Å². The van der Waals surface area contributed by atoms with Crippen LogP contribution >= 0.6 is 0 Å². The lowest BCUT2D eigenvalue weighted by Crippen LogP contribution is -2.43. The molecule has 0 bridgehead atoms. The summed E-state index contributed by atoms with van der Waals surface area (Å²) in [4.78, 5) is 27.8. The molecule has 2 fully saturated rings. The molecule has 2 saturated heterocycles. The first-order valence-electron chi connectivity index (χ1n) is 12.8. The van der Waals surface area contributed by atoms with Crippen LogP contribution in [0.1, 0.15) is 49.9 Å². The van der Waals surface area contributed by atoms with Crippen molar-refractivity contribution in [1.82, 2.24) is 9.80 Å². The summed E-state index contributed by atoms with van der Waals surface area (Å²) in [5, 5.41) is 0. The van der Waals surface area contributed by atoms with Crippen LogP contribution < -0.4 is 10.5 Å². The van der Waals surface area contributed by atoms with E-state index >= 15 is 0 Å². The fourth-order valence-corrected chi connectivity index (χ4v) is 5.18. The Labute approximate surface area is 215 Å². The van der Waals surface area contributed by atoms with Crippen LogP contribution in [0.2, 0.25) is 0 Å². The largest absolute Gasteiger partial charge is 0.490 e. The van der Waals surface area contributed by atoms with Crippen LogP contribution in [0.5, 0.6) is 5.75 Å². The predicted molar refractivity (Wildman–Crippen MR) is 135 cm³/mol. The van der Waals surface area contributed by atoms with Gasteiger partial charge in [0.25, 0.3) is 5.91 Å². The average Bonchev–Trinajstić information content (AvgIpc) is 3.33. The van der Waals surface area contributed by atoms with E-state index in [9.17, 15) is 22.8 Å². The van der Waals surface area contributed by atoms with Gasteiger partial charge in [-0.1, -0.05) is 12.1 Å². The molecule has 0 saturated carbocycles. The number of ether oxygens (including phenoxy) is 1. The number of hydrogen-bond donors (Lipinski definition) is 1. The van der Waals surface area contributed by atoms with Crippen molar-refractivity contribution in [2.24, 2.45) is 11.7 Å². The van der Waals surface area contributed by atoms with Gasteiger partial charge in [0.15, 0.2) is 11.6 Å². The number of carbonyl (C=O) groups is 2. The zero-order chi connectivity index (χ0) is 26.7. The normalized spacial score (nSPS) is 19.3. The molecular weight excluding hydrogens is 483 g/mol. The first-order valence-corrected chi connectivity index (χ1v) is 12.8. The Balaban J connectivity index is 1.36. The minimum atomic E-state index is -1.23. The van der Waals surface area contributed by atoms with Crippen LogP contribution in [0.15, 0.2) is 36.4 Å². The van der Waals surface area contributed by atoms with Crippen molar-refractivity contribution in [2.45, 2.75) is 51.2 Å². The average molecular weight is 518 g/mol. The molecule has 0 aromatic heterocycles. The summed E-state index contributed by atoms with van der Waals surface area (Å²) in [6.07, 6.45) is 2.81. The summed E-state index contributed by atoms with van der Waals surface area (Å²) >= 11 is 0. The van der Waals surface area contributed by atoms with E-state index in [1.165, 1.54) is 29.2 Å². The number of primary amides is 1. The van der Waals surface area contributed by atoms with E-state index in [1.54, 1.807) is 26.0 Å². The molecule has 9 heteroatoms. The van der Waals surface area contributed by atoms with E-state index in [0.717, 1.165) is 25.9 Å². The molecule has 2 aliphatic heterocycles. The van der Waals surface area contributed by atoms with Gasteiger partial charge in [-0.15, -0.1) is 0 Å². The lowest BCUT2D eigenvalue weighted by atomic mass is 9.96. The van der Waals surface area contributed by atoms with Gasteiger partial charge < -0.3 is 20.3 Å². The van der Waals surface area contributed by atoms with Crippen LogP contribution in [0, 0.1) is 17.6 Å². The van der Waals surface area contributed by atoms with E-state index in [1.807, 2.05) is 0 Å². The summed E-state index contributed by atoms with van der Waals surface area (Å²) in [5.74, 6) is -2.11. The van der Waals surface area contributed by atoms with Gasteiger partial charge >= 0.3 is 0 Å². The molecule has 2 amide bonds. The number of nitrogens with two attached hydrogens (primary N) is 1. The van der Waals surface area contributed by atoms with Gasteiger partial charge in [-0.25, -0.2) is 13.2 Å². The fraction of sp³-hybridized carbons (Fsp3) is 0.500. The number of nitrogens with zero attached hydrogens (tertiary/aromatic N) is 2. The van der Waals surface area contributed by atoms with Crippen LogP contribution in [-0.2, 0) is 4.79 Å². The molecule has 2 aliphatic rings. The molecule has 6 nitrogen and oxygen atoms in total. The third-order valence-electron chi connectivity index (χ3n) is 7.09. The molecule has 200 valence electrons.